The molecular weight excluding hydrogens is 322 g/mol. The molecule has 1 aromatic rings. The van der Waals surface area contributed by atoms with Gasteiger partial charge in [-0.1, -0.05) is 11.8 Å². The van der Waals surface area contributed by atoms with Gasteiger partial charge in [0.2, 0.25) is 5.91 Å². The van der Waals surface area contributed by atoms with Crippen LogP contribution in [-0.2, 0) is 4.79 Å². The number of nitrogen functional groups attached to an aromatic ring is 1. The van der Waals surface area contributed by atoms with Crippen LogP contribution in [0.3, 0.4) is 0 Å². The summed E-state index contributed by atoms with van der Waals surface area (Å²) in [5, 5.41) is 12.6. The van der Waals surface area contributed by atoms with E-state index < -0.39 is 0 Å². The lowest BCUT2D eigenvalue weighted by molar-refractivity contribution is -0.124. The molecule has 1 heterocycles. The summed E-state index contributed by atoms with van der Waals surface area (Å²) in [4.78, 5) is 20.6. The SMILES string of the molecule is N#Cc1cnc(SCC(=O)NC23CC4CC(CC(C4)C2)C3)nc1N. The molecule has 4 saturated carbocycles. The number of nitrogens with zero attached hydrogens (tertiary/aromatic N) is 3. The summed E-state index contributed by atoms with van der Waals surface area (Å²) in [5.41, 5.74) is 5.99. The molecule has 0 aliphatic heterocycles. The predicted molar refractivity (Wildman–Crippen MR) is 90.9 cm³/mol. The van der Waals surface area contributed by atoms with Gasteiger partial charge < -0.3 is 11.1 Å². The van der Waals surface area contributed by atoms with Crippen LogP contribution in [0.1, 0.15) is 44.1 Å². The summed E-state index contributed by atoms with van der Waals surface area (Å²) in [6.07, 6.45) is 8.94. The highest BCUT2D eigenvalue weighted by atomic mass is 32.2. The van der Waals surface area contributed by atoms with Crippen molar-refractivity contribution in [3.05, 3.63) is 11.8 Å². The van der Waals surface area contributed by atoms with Crippen LogP contribution in [0, 0.1) is 29.1 Å². The molecule has 0 atom stereocenters. The van der Waals surface area contributed by atoms with Gasteiger partial charge in [-0.15, -0.1) is 0 Å². The maximum Gasteiger partial charge on any atom is 0.230 e. The maximum absolute atomic E-state index is 12.4. The van der Waals surface area contributed by atoms with Crippen molar-refractivity contribution in [1.82, 2.24) is 15.3 Å². The minimum atomic E-state index is 0.0386. The number of anilines is 1. The average Bonchev–Trinajstić information content (AvgIpc) is 2.51. The molecule has 24 heavy (non-hydrogen) atoms. The fourth-order valence-electron chi connectivity index (χ4n) is 5.26. The number of rotatable bonds is 4. The first-order valence-electron chi connectivity index (χ1n) is 8.52. The van der Waals surface area contributed by atoms with Gasteiger partial charge >= 0.3 is 0 Å². The minimum absolute atomic E-state index is 0.0386. The van der Waals surface area contributed by atoms with E-state index in [1.165, 1.54) is 37.2 Å². The van der Waals surface area contributed by atoms with Gasteiger partial charge in [0, 0.05) is 5.54 Å². The van der Waals surface area contributed by atoms with Crippen LogP contribution in [0.2, 0.25) is 0 Å². The Labute approximate surface area is 145 Å². The van der Waals surface area contributed by atoms with Crippen LogP contribution < -0.4 is 11.1 Å². The Morgan fingerprint density at radius 1 is 1.33 bits per heavy atom. The van der Waals surface area contributed by atoms with Gasteiger partial charge in [-0.05, 0) is 56.3 Å². The molecule has 1 amide bonds. The molecule has 0 radical (unpaired) electrons. The molecule has 4 aliphatic rings. The number of thioether (sulfide) groups is 1. The Hall–Kier alpha value is -1.81. The minimum Gasteiger partial charge on any atom is -0.382 e. The second kappa shape index (κ2) is 5.92. The fraction of sp³-hybridized carbons (Fsp3) is 0.647. The highest BCUT2D eigenvalue weighted by Gasteiger charge is 2.51. The van der Waals surface area contributed by atoms with Crippen LogP contribution in [0.5, 0.6) is 0 Å². The molecule has 7 heteroatoms. The predicted octanol–water partition coefficient (Wildman–Crippen LogP) is 2.11. The van der Waals surface area contributed by atoms with Crippen LogP contribution in [0.15, 0.2) is 11.4 Å². The van der Waals surface area contributed by atoms with Gasteiger partial charge in [-0.25, -0.2) is 9.97 Å². The van der Waals surface area contributed by atoms with Gasteiger partial charge in [-0.3, -0.25) is 4.79 Å². The molecule has 0 spiro atoms. The number of aromatic nitrogens is 2. The second-order valence-corrected chi connectivity index (χ2v) is 8.54. The van der Waals surface area contributed by atoms with Gasteiger partial charge in [0.25, 0.3) is 0 Å². The van der Waals surface area contributed by atoms with E-state index >= 15 is 0 Å². The summed E-state index contributed by atoms with van der Waals surface area (Å²) in [6, 6.07) is 1.93. The molecule has 5 rings (SSSR count). The zero-order valence-corrected chi connectivity index (χ0v) is 14.3. The standard InChI is InChI=1S/C17H21N5OS/c18-7-13-8-20-16(21-15(13)19)24-9-14(23)22-17-4-10-1-11(5-17)3-12(2-10)6-17/h8,10-12H,1-6,9H2,(H,22,23)(H2,19,20,21). The molecule has 4 bridgehead atoms. The van der Waals surface area contributed by atoms with Gasteiger partial charge in [-0.2, -0.15) is 5.26 Å². The number of carbonyl (C=O) groups is 1. The average molecular weight is 343 g/mol. The molecule has 1 aromatic heterocycles. The van der Waals surface area contributed by atoms with E-state index in [9.17, 15) is 4.79 Å². The summed E-state index contributed by atoms with van der Waals surface area (Å²) in [7, 11) is 0. The number of carbonyl (C=O) groups excluding carboxylic acids is 1. The quantitative estimate of drug-likeness (QED) is 0.641. The molecule has 4 aliphatic carbocycles. The molecule has 4 fully saturated rings. The van der Waals surface area contributed by atoms with Crippen molar-refractivity contribution in [3.8, 4) is 6.07 Å². The first kappa shape index (κ1) is 15.7. The third-order valence-electron chi connectivity index (χ3n) is 5.69. The van der Waals surface area contributed by atoms with E-state index in [0.29, 0.717) is 5.16 Å². The van der Waals surface area contributed by atoms with Crippen LogP contribution in [-0.4, -0.2) is 27.2 Å². The smallest absolute Gasteiger partial charge is 0.230 e. The molecule has 6 nitrogen and oxygen atoms in total. The number of nitriles is 1. The Bertz CT molecular complexity index is 678. The van der Waals surface area contributed by atoms with E-state index in [1.54, 1.807) is 0 Å². The Balaban J connectivity index is 1.36. The van der Waals surface area contributed by atoms with E-state index in [0.717, 1.165) is 37.0 Å². The molecule has 126 valence electrons. The summed E-state index contributed by atoms with van der Waals surface area (Å²) in [6.45, 7) is 0. The highest BCUT2D eigenvalue weighted by Crippen LogP contribution is 2.55. The van der Waals surface area contributed by atoms with Crippen molar-refractivity contribution in [2.45, 2.75) is 49.2 Å². The maximum atomic E-state index is 12.4. The van der Waals surface area contributed by atoms with E-state index in [2.05, 4.69) is 15.3 Å². The monoisotopic (exact) mass is 343 g/mol. The fourth-order valence-corrected chi connectivity index (χ4v) is 5.88. The molecular formula is C17H21N5OS. The van der Waals surface area contributed by atoms with Gasteiger partial charge in [0.05, 0.1) is 11.9 Å². The van der Waals surface area contributed by atoms with E-state index in [1.807, 2.05) is 6.07 Å². The van der Waals surface area contributed by atoms with Gasteiger partial charge in [0.15, 0.2) is 5.16 Å². The van der Waals surface area contributed by atoms with Crippen LogP contribution in [0.25, 0.3) is 0 Å². The second-order valence-electron chi connectivity index (χ2n) is 7.60. The van der Waals surface area contributed by atoms with Crippen LogP contribution >= 0.6 is 11.8 Å². The summed E-state index contributed by atoms with van der Waals surface area (Å²) >= 11 is 1.27. The molecule has 0 aromatic carbocycles. The van der Waals surface area contributed by atoms with Crippen molar-refractivity contribution < 1.29 is 4.79 Å². The van der Waals surface area contributed by atoms with Crippen LogP contribution in [0.4, 0.5) is 5.82 Å². The lowest BCUT2D eigenvalue weighted by Gasteiger charge is -2.56. The normalized spacial score (nSPS) is 33.2. The highest BCUT2D eigenvalue weighted by molar-refractivity contribution is 7.99. The van der Waals surface area contributed by atoms with Crippen molar-refractivity contribution in [3.63, 3.8) is 0 Å². The first-order valence-corrected chi connectivity index (χ1v) is 9.50. The van der Waals surface area contributed by atoms with Crippen molar-refractivity contribution in [2.24, 2.45) is 17.8 Å². The lowest BCUT2D eigenvalue weighted by atomic mass is 9.53. The van der Waals surface area contributed by atoms with Gasteiger partial charge in [0.1, 0.15) is 17.5 Å². The Morgan fingerprint density at radius 3 is 2.50 bits per heavy atom. The summed E-state index contributed by atoms with van der Waals surface area (Å²) < 4.78 is 0. The zero-order valence-electron chi connectivity index (χ0n) is 13.5. The third-order valence-corrected chi connectivity index (χ3v) is 6.55. The molecule has 3 N–H and O–H groups in total. The Morgan fingerprint density at radius 2 is 1.96 bits per heavy atom. The lowest BCUT2D eigenvalue weighted by Crippen LogP contribution is -2.60. The largest absolute Gasteiger partial charge is 0.382 e. The number of hydrogen-bond donors (Lipinski definition) is 2. The molecule has 0 saturated heterocycles. The van der Waals surface area contributed by atoms with Crippen molar-refractivity contribution >= 4 is 23.5 Å². The first-order chi connectivity index (χ1) is 11.5. The number of amides is 1. The third kappa shape index (κ3) is 2.95. The van der Waals surface area contributed by atoms with E-state index in [-0.39, 0.29) is 28.6 Å². The van der Waals surface area contributed by atoms with E-state index in [4.69, 9.17) is 11.0 Å². The number of nitrogens with two attached hydrogens (primary N) is 1. The number of hydrogen-bond acceptors (Lipinski definition) is 6. The zero-order chi connectivity index (χ0) is 16.7. The molecule has 0 unspecified atom stereocenters. The number of nitrogens with one attached hydrogen (secondary N) is 1. The summed E-state index contributed by atoms with van der Waals surface area (Å²) in [5.74, 6) is 2.93. The van der Waals surface area contributed by atoms with Crippen molar-refractivity contribution in [2.75, 3.05) is 11.5 Å². The topological polar surface area (TPSA) is 105 Å². The van der Waals surface area contributed by atoms with Crippen molar-refractivity contribution in [1.29, 1.82) is 5.26 Å². The Kier molecular flexibility index (Phi) is 3.87.